The van der Waals surface area contributed by atoms with E-state index in [9.17, 15) is 0 Å². The highest BCUT2D eigenvalue weighted by Crippen LogP contribution is 2.29. The average molecular weight is 266 g/mol. The molecule has 0 radical (unpaired) electrons. The molecule has 1 aliphatic heterocycles. The van der Waals surface area contributed by atoms with Crippen molar-refractivity contribution in [1.82, 2.24) is 10.2 Å². The lowest BCUT2D eigenvalue weighted by molar-refractivity contribution is 0.317. The molecule has 1 unspecified atom stereocenters. The van der Waals surface area contributed by atoms with Crippen LogP contribution in [0.3, 0.4) is 0 Å². The molecule has 4 heteroatoms. The summed E-state index contributed by atoms with van der Waals surface area (Å²) in [4.78, 5) is 2.62. The normalized spacial score (nSPS) is 24.6. The monoisotopic (exact) mass is 265 g/mol. The maximum absolute atomic E-state index is 6.00. The summed E-state index contributed by atoms with van der Waals surface area (Å²) in [6.45, 7) is 3.30. The Morgan fingerprint density at radius 3 is 2.83 bits per heavy atom. The number of likely N-dealkylation sites (tertiary alicyclic amines) is 1. The summed E-state index contributed by atoms with van der Waals surface area (Å²) in [6, 6.07) is 7.27. The minimum absolute atomic E-state index is 0.616. The number of halogens is 1. The summed E-state index contributed by atoms with van der Waals surface area (Å²) in [5.41, 5.74) is 7.70. The molecule has 1 heterocycles. The summed E-state index contributed by atoms with van der Waals surface area (Å²) in [5.74, 6) is 0. The predicted octanol–water partition coefficient (Wildman–Crippen LogP) is 2.25. The van der Waals surface area contributed by atoms with Crippen LogP contribution in [0.25, 0.3) is 0 Å². The van der Waals surface area contributed by atoms with Crippen LogP contribution in [0.1, 0.15) is 24.8 Å². The third kappa shape index (κ3) is 2.97. The van der Waals surface area contributed by atoms with Gasteiger partial charge in [-0.15, -0.1) is 0 Å². The molecule has 2 aliphatic rings. The first-order valence-electron chi connectivity index (χ1n) is 6.73. The Balaban J connectivity index is 1.51. The minimum Gasteiger partial charge on any atom is -0.399 e. The summed E-state index contributed by atoms with van der Waals surface area (Å²) >= 11 is 6.00. The van der Waals surface area contributed by atoms with Crippen molar-refractivity contribution in [3.8, 4) is 0 Å². The van der Waals surface area contributed by atoms with E-state index >= 15 is 0 Å². The van der Waals surface area contributed by atoms with Gasteiger partial charge in [-0.2, -0.15) is 0 Å². The van der Waals surface area contributed by atoms with E-state index in [0.29, 0.717) is 6.04 Å². The highest BCUT2D eigenvalue weighted by atomic mass is 35.5. The zero-order chi connectivity index (χ0) is 12.5. The van der Waals surface area contributed by atoms with Crippen LogP contribution >= 0.6 is 11.6 Å². The molecule has 1 saturated heterocycles. The van der Waals surface area contributed by atoms with Gasteiger partial charge in [-0.05, 0) is 43.0 Å². The number of hydrogen-bond donors (Lipinski definition) is 2. The summed E-state index contributed by atoms with van der Waals surface area (Å²) < 4.78 is 0. The molecular weight excluding hydrogens is 246 g/mol. The zero-order valence-electron chi connectivity index (χ0n) is 10.5. The van der Waals surface area contributed by atoms with Gasteiger partial charge in [0.05, 0.1) is 0 Å². The first kappa shape index (κ1) is 12.3. The van der Waals surface area contributed by atoms with Crippen LogP contribution < -0.4 is 11.1 Å². The Bertz CT molecular complexity index is 411. The van der Waals surface area contributed by atoms with E-state index in [1.54, 1.807) is 6.07 Å². The smallest absolute Gasteiger partial charge is 0.0429 e. The quantitative estimate of drug-likeness (QED) is 0.821. The number of nitrogens with two attached hydrogens (primary N) is 1. The summed E-state index contributed by atoms with van der Waals surface area (Å²) in [7, 11) is 0. The first-order chi connectivity index (χ1) is 8.70. The second kappa shape index (κ2) is 5.08. The van der Waals surface area contributed by atoms with Gasteiger partial charge >= 0.3 is 0 Å². The van der Waals surface area contributed by atoms with Crippen LogP contribution in [-0.2, 0) is 6.54 Å². The third-order valence-electron chi connectivity index (χ3n) is 3.86. The highest BCUT2D eigenvalue weighted by molar-refractivity contribution is 6.30. The fraction of sp³-hybridized carbons (Fsp3) is 0.571. The van der Waals surface area contributed by atoms with Crippen molar-refractivity contribution in [2.24, 2.45) is 0 Å². The highest BCUT2D eigenvalue weighted by Gasteiger charge is 2.33. The molecule has 1 aliphatic carbocycles. The second-order valence-corrected chi connectivity index (χ2v) is 5.92. The molecule has 18 heavy (non-hydrogen) atoms. The Morgan fingerprint density at radius 1 is 1.28 bits per heavy atom. The van der Waals surface area contributed by atoms with E-state index in [-0.39, 0.29) is 0 Å². The largest absolute Gasteiger partial charge is 0.399 e. The van der Waals surface area contributed by atoms with Crippen molar-refractivity contribution in [2.75, 3.05) is 18.8 Å². The Kier molecular flexibility index (Phi) is 3.46. The van der Waals surface area contributed by atoms with E-state index in [1.807, 2.05) is 12.1 Å². The van der Waals surface area contributed by atoms with Crippen molar-refractivity contribution in [2.45, 2.75) is 37.9 Å². The van der Waals surface area contributed by atoms with E-state index in [2.05, 4.69) is 10.2 Å². The minimum atomic E-state index is 0.616. The standard InChI is InChI=1S/C14H20ClN3/c15-11-5-10(6-12(16)7-11)8-17-13-3-4-18(9-13)14-1-2-14/h5-7,13-14,17H,1-4,8-9,16H2. The molecule has 98 valence electrons. The molecule has 3 nitrogen and oxygen atoms in total. The van der Waals surface area contributed by atoms with Gasteiger partial charge in [-0.3, -0.25) is 4.90 Å². The lowest BCUT2D eigenvalue weighted by Crippen LogP contribution is -2.32. The van der Waals surface area contributed by atoms with E-state index in [1.165, 1.54) is 37.9 Å². The Hall–Kier alpha value is -0.770. The van der Waals surface area contributed by atoms with Gasteiger partial charge in [0.1, 0.15) is 0 Å². The molecule has 1 atom stereocenters. The van der Waals surface area contributed by atoms with Crippen LogP contribution in [0, 0.1) is 0 Å². The van der Waals surface area contributed by atoms with Crippen molar-refractivity contribution in [1.29, 1.82) is 0 Å². The summed E-state index contributed by atoms with van der Waals surface area (Å²) in [6.07, 6.45) is 4.06. The Labute approximate surface area is 113 Å². The number of nitrogens with one attached hydrogen (secondary N) is 1. The fourth-order valence-electron chi connectivity index (χ4n) is 2.76. The van der Waals surface area contributed by atoms with Gasteiger partial charge in [0.15, 0.2) is 0 Å². The van der Waals surface area contributed by atoms with Crippen molar-refractivity contribution < 1.29 is 0 Å². The molecule has 0 spiro atoms. The fourth-order valence-corrected chi connectivity index (χ4v) is 3.03. The van der Waals surface area contributed by atoms with Gasteiger partial charge in [0.25, 0.3) is 0 Å². The topological polar surface area (TPSA) is 41.3 Å². The van der Waals surface area contributed by atoms with Gasteiger partial charge in [-0.25, -0.2) is 0 Å². The molecule has 2 fully saturated rings. The van der Waals surface area contributed by atoms with Gasteiger partial charge in [-0.1, -0.05) is 11.6 Å². The van der Waals surface area contributed by atoms with E-state index in [4.69, 9.17) is 17.3 Å². The van der Waals surface area contributed by atoms with Gasteiger partial charge < -0.3 is 11.1 Å². The maximum Gasteiger partial charge on any atom is 0.0429 e. The van der Waals surface area contributed by atoms with Crippen LogP contribution in [0.4, 0.5) is 5.69 Å². The number of nitrogen functional groups attached to an aromatic ring is 1. The molecular formula is C14H20ClN3. The van der Waals surface area contributed by atoms with E-state index < -0.39 is 0 Å². The molecule has 0 amide bonds. The molecule has 3 rings (SSSR count). The van der Waals surface area contributed by atoms with Gasteiger partial charge in [0.2, 0.25) is 0 Å². The number of nitrogens with zero attached hydrogens (tertiary/aromatic N) is 1. The van der Waals surface area contributed by atoms with E-state index in [0.717, 1.165) is 23.3 Å². The lowest BCUT2D eigenvalue weighted by Gasteiger charge is -2.16. The Morgan fingerprint density at radius 2 is 2.11 bits per heavy atom. The lowest BCUT2D eigenvalue weighted by atomic mass is 10.2. The molecule has 1 aromatic rings. The first-order valence-corrected chi connectivity index (χ1v) is 7.11. The number of anilines is 1. The molecule has 1 aromatic carbocycles. The third-order valence-corrected chi connectivity index (χ3v) is 4.08. The van der Waals surface area contributed by atoms with Crippen molar-refractivity contribution in [3.63, 3.8) is 0 Å². The second-order valence-electron chi connectivity index (χ2n) is 5.49. The van der Waals surface area contributed by atoms with Crippen LogP contribution in [0.5, 0.6) is 0 Å². The summed E-state index contributed by atoms with van der Waals surface area (Å²) in [5, 5.41) is 4.33. The number of rotatable bonds is 4. The average Bonchev–Trinajstić information content (AvgIpc) is 3.05. The number of benzene rings is 1. The van der Waals surface area contributed by atoms with Crippen molar-refractivity contribution >= 4 is 17.3 Å². The molecule has 3 N–H and O–H groups in total. The molecule has 1 saturated carbocycles. The van der Waals surface area contributed by atoms with Gasteiger partial charge in [0, 0.05) is 42.4 Å². The SMILES string of the molecule is Nc1cc(Cl)cc(CNC2CCN(C3CC3)C2)c1. The predicted molar refractivity (Wildman–Crippen MR) is 75.7 cm³/mol. The molecule has 0 aromatic heterocycles. The number of hydrogen-bond acceptors (Lipinski definition) is 3. The van der Waals surface area contributed by atoms with Crippen molar-refractivity contribution in [3.05, 3.63) is 28.8 Å². The molecule has 0 bridgehead atoms. The maximum atomic E-state index is 6.00. The van der Waals surface area contributed by atoms with Crippen LogP contribution in [0.15, 0.2) is 18.2 Å². The van der Waals surface area contributed by atoms with Crippen LogP contribution in [0.2, 0.25) is 5.02 Å². The zero-order valence-corrected chi connectivity index (χ0v) is 11.3. The van der Waals surface area contributed by atoms with Crippen LogP contribution in [-0.4, -0.2) is 30.1 Å².